The highest BCUT2D eigenvalue weighted by molar-refractivity contribution is 14.1. The van der Waals surface area contributed by atoms with Gasteiger partial charge in [0.2, 0.25) is 0 Å². The minimum absolute atomic E-state index is 0.0352. The maximum absolute atomic E-state index is 11.9. The summed E-state index contributed by atoms with van der Waals surface area (Å²) in [6.45, 7) is 2.61. The summed E-state index contributed by atoms with van der Waals surface area (Å²) in [6, 6.07) is 15.7. The van der Waals surface area contributed by atoms with Crippen molar-refractivity contribution in [2.24, 2.45) is 0 Å². The maximum atomic E-state index is 11.9. The number of hydrogen-bond acceptors (Lipinski definition) is 1. The third-order valence-corrected chi connectivity index (χ3v) is 3.40. The van der Waals surface area contributed by atoms with Crippen LogP contribution >= 0.6 is 22.6 Å². The first-order chi connectivity index (χ1) is 8.65. The van der Waals surface area contributed by atoms with Gasteiger partial charge in [0.1, 0.15) is 0 Å². The monoisotopic (exact) mass is 351 g/mol. The molecule has 0 spiro atoms. The molecule has 2 aromatic carbocycles. The summed E-state index contributed by atoms with van der Waals surface area (Å²) in [5.41, 5.74) is 3.03. The fourth-order valence-electron chi connectivity index (χ4n) is 1.59. The largest absolute Gasteiger partial charge is 0.348 e. The Labute approximate surface area is 121 Å². The highest BCUT2D eigenvalue weighted by Gasteiger charge is 2.04. The molecule has 0 atom stereocenters. The Hall–Kier alpha value is -1.36. The van der Waals surface area contributed by atoms with Gasteiger partial charge in [-0.15, -0.1) is 0 Å². The minimum Gasteiger partial charge on any atom is -0.348 e. The molecule has 2 rings (SSSR count). The molecule has 0 heterocycles. The van der Waals surface area contributed by atoms with Crippen LogP contribution in [0.15, 0.2) is 48.5 Å². The van der Waals surface area contributed by atoms with E-state index in [-0.39, 0.29) is 5.91 Å². The number of hydrogen-bond donors (Lipinski definition) is 1. The van der Waals surface area contributed by atoms with E-state index in [1.807, 2.05) is 55.5 Å². The molecule has 0 aromatic heterocycles. The lowest BCUT2D eigenvalue weighted by Gasteiger charge is -2.06. The van der Waals surface area contributed by atoms with Crippen LogP contribution in [0.1, 0.15) is 21.5 Å². The molecule has 0 unspecified atom stereocenters. The quantitative estimate of drug-likeness (QED) is 0.843. The number of aryl methyl sites for hydroxylation is 1. The molecule has 3 heteroatoms. The number of carbonyl (C=O) groups is 1. The molecule has 2 aromatic rings. The van der Waals surface area contributed by atoms with Gasteiger partial charge in [0.05, 0.1) is 0 Å². The molecule has 18 heavy (non-hydrogen) atoms. The van der Waals surface area contributed by atoms with Crippen LogP contribution in [0.5, 0.6) is 0 Å². The molecule has 0 aliphatic carbocycles. The SMILES string of the molecule is Cc1ccc(CNC(=O)c2ccc(I)cc2)cc1. The maximum Gasteiger partial charge on any atom is 0.251 e. The van der Waals surface area contributed by atoms with E-state index >= 15 is 0 Å². The van der Waals surface area contributed by atoms with Gasteiger partial charge < -0.3 is 5.32 Å². The Kier molecular flexibility index (Phi) is 4.36. The van der Waals surface area contributed by atoms with E-state index < -0.39 is 0 Å². The summed E-state index contributed by atoms with van der Waals surface area (Å²) in [5, 5.41) is 2.91. The third-order valence-electron chi connectivity index (χ3n) is 2.68. The first-order valence-electron chi connectivity index (χ1n) is 5.74. The Morgan fingerprint density at radius 1 is 1.06 bits per heavy atom. The minimum atomic E-state index is -0.0352. The van der Waals surface area contributed by atoms with Gasteiger partial charge in [-0.1, -0.05) is 29.8 Å². The molecule has 0 aliphatic rings. The molecule has 1 amide bonds. The summed E-state index contributed by atoms with van der Waals surface area (Å²) < 4.78 is 1.13. The second kappa shape index (κ2) is 6.00. The highest BCUT2D eigenvalue weighted by atomic mass is 127. The molecular weight excluding hydrogens is 337 g/mol. The van der Waals surface area contributed by atoms with Crippen LogP contribution in [-0.2, 0) is 6.54 Å². The first-order valence-corrected chi connectivity index (χ1v) is 6.82. The predicted octanol–water partition coefficient (Wildman–Crippen LogP) is 3.53. The Bertz CT molecular complexity index is 531. The van der Waals surface area contributed by atoms with Crippen molar-refractivity contribution in [1.82, 2.24) is 5.32 Å². The average molecular weight is 351 g/mol. The van der Waals surface area contributed by atoms with E-state index in [1.54, 1.807) is 0 Å². The van der Waals surface area contributed by atoms with E-state index in [0.717, 1.165) is 9.13 Å². The topological polar surface area (TPSA) is 29.1 Å². The van der Waals surface area contributed by atoms with Gasteiger partial charge in [0, 0.05) is 15.7 Å². The van der Waals surface area contributed by atoms with Gasteiger partial charge in [0.25, 0.3) is 5.91 Å². The van der Waals surface area contributed by atoms with E-state index in [4.69, 9.17) is 0 Å². The van der Waals surface area contributed by atoms with E-state index in [1.165, 1.54) is 5.56 Å². The molecule has 0 radical (unpaired) electrons. The van der Waals surface area contributed by atoms with Crippen LogP contribution < -0.4 is 5.32 Å². The summed E-state index contributed by atoms with van der Waals surface area (Å²) >= 11 is 2.22. The van der Waals surface area contributed by atoms with Gasteiger partial charge in [-0.3, -0.25) is 4.79 Å². The van der Waals surface area contributed by atoms with Crippen LogP contribution in [0.25, 0.3) is 0 Å². The number of rotatable bonds is 3. The van der Waals surface area contributed by atoms with Gasteiger partial charge in [-0.25, -0.2) is 0 Å². The lowest BCUT2D eigenvalue weighted by Crippen LogP contribution is -2.22. The molecule has 0 saturated heterocycles. The second-order valence-corrected chi connectivity index (χ2v) is 5.42. The fourth-order valence-corrected chi connectivity index (χ4v) is 1.95. The van der Waals surface area contributed by atoms with Gasteiger partial charge >= 0.3 is 0 Å². The Morgan fingerprint density at radius 3 is 2.28 bits per heavy atom. The van der Waals surface area contributed by atoms with Crippen molar-refractivity contribution in [2.75, 3.05) is 0 Å². The molecule has 0 saturated carbocycles. The van der Waals surface area contributed by atoms with Crippen LogP contribution in [0.2, 0.25) is 0 Å². The summed E-state index contributed by atoms with van der Waals surface area (Å²) in [6.07, 6.45) is 0. The molecule has 0 aliphatic heterocycles. The first kappa shape index (κ1) is 13.1. The van der Waals surface area contributed by atoms with Crippen LogP contribution in [0.3, 0.4) is 0 Å². The zero-order valence-electron chi connectivity index (χ0n) is 10.1. The zero-order valence-corrected chi connectivity index (χ0v) is 12.3. The molecule has 0 fully saturated rings. The average Bonchev–Trinajstić information content (AvgIpc) is 2.38. The van der Waals surface area contributed by atoms with Gasteiger partial charge in [0.15, 0.2) is 0 Å². The van der Waals surface area contributed by atoms with Crippen molar-refractivity contribution < 1.29 is 4.79 Å². The summed E-state index contributed by atoms with van der Waals surface area (Å²) in [5.74, 6) is -0.0352. The number of benzene rings is 2. The summed E-state index contributed by atoms with van der Waals surface area (Å²) in [7, 11) is 0. The van der Waals surface area contributed by atoms with Crippen molar-refractivity contribution in [3.05, 3.63) is 68.8 Å². The number of carbonyl (C=O) groups excluding carboxylic acids is 1. The van der Waals surface area contributed by atoms with Crippen molar-refractivity contribution in [3.63, 3.8) is 0 Å². The second-order valence-electron chi connectivity index (χ2n) is 4.18. The van der Waals surface area contributed by atoms with Crippen molar-refractivity contribution in [3.8, 4) is 0 Å². The van der Waals surface area contributed by atoms with Crippen molar-refractivity contribution in [2.45, 2.75) is 13.5 Å². The number of amides is 1. The van der Waals surface area contributed by atoms with Gasteiger partial charge in [-0.2, -0.15) is 0 Å². The normalized spacial score (nSPS) is 10.1. The fraction of sp³-hybridized carbons (Fsp3) is 0.133. The standard InChI is InChI=1S/C15H14INO/c1-11-2-4-12(5-3-11)10-17-15(18)13-6-8-14(16)9-7-13/h2-9H,10H2,1H3,(H,17,18). The van der Waals surface area contributed by atoms with E-state index in [9.17, 15) is 4.79 Å². The smallest absolute Gasteiger partial charge is 0.251 e. The molecule has 1 N–H and O–H groups in total. The van der Waals surface area contributed by atoms with E-state index in [0.29, 0.717) is 12.1 Å². The Morgan fingerprint density at radius 2 is 1.67 bits per heavy atom. The zero-order chi connectivity index (χ0) is 13.0. The molecule has 92 valence electrons. The van der Waals surface area contributed by atoms with Crippen molar-refractivity contribution >= 4 is 28.5 Å². The van der Waals surface area contributed by atoms with Gasteiger partial charge in [-0.05, 0) is 59.3 Å². The lowest BCUT2D eigenvalue weighted by molar-refractivity contribution is 0.0951. The third kappa shape index (κ3) is 3.57. The molecular formula is C15H14INO. The highest BCUT2D eigenvalue weighted by Crippen LogP contribution is 2.07. The molecule has 0 bridgehead atoms. The summed E-state index contributed by atoms with van der Waals surface area (Å²) in [4.78, 5) is 11.9. The van der Waals surface area contributed by atoms with E-state index in [2.05, 4.69) is 27.9 Å². The van der Waals surface area contributed by atoms with Crippen LogP contribution in [-0.4, -0.2) is 5.91 Å². The van der Waals surface area contributed by atoms with Crippen molar-refractivity contribution in [1.29, 1.82) is 0 Å². The Balaban J connectivity index is 1.96. The van der Waals surface area contributed by atoms with Crippen LogP contribution in [0.4, 0.5) is 0 Å². The van der Waals surface area contributed by atoms with Crippen LogP contribution in [0, 0.1) is 10.5 Å². The molecule has 2 nitrogen and oxygen atoms in total. The number of halogens is 1. The predicted molar refractivity (Wildman–Crippen MR) is 81.5 cm³/mol. The number of nitrogens with one attached hydrogen (secondary N) is 1. The lowest BCUT2D eigenvalue weighted by atomic mass is 10.1.